The number of rotatable bonds is 1. The predicted molar refractivity (Wildman–Crippen MR) is 82.2 cm³/mol. The van der Waals surface area contributed by atoms with E-state index in [9.17, 15) is 0 Å². The lowest BCUT2D eigenvalue weighted by molar-refractivity contribution is 0.530. The third-order valence-electron chi connectivity index (χ3n) is 4.52. The van der Waals surface area contributed by atoms with E-state index < -0.39 is 0 Å². The number of nitrogens with zero attached hydrogens (tertiary/aromatic N) is 1. The second kappa shape index (κ2) is 4.11. The Labute approximate surface area is 121 Å². The molecule has 0 unspecified atom stereocenters. The predicted octanol–water partition coefficient (Wildman–Crippen LogP) is 4.71. The van der Waals surface area contributed by atoms with Crippen LogP contribution in [0.1, 0.15) is 31.2 Å². The molecule has 2 fully saturated rings. The molecule has 18 heavy (non-hydrogen) atoms. The van der Waals surface area contributed by atoms with Gasteiger partial charge in [-0.15, -0.1) is 0 Å². The van der Waals surface area contributed by atoms with Gasteiger partial charge in [0, 0.05) is 15.6 Å². The number of hydrogen-bond donors (Lipinski definition) is 0. The Bertz CT molecular complexity index is 527. The third kappa shape index (κ3) is 1.63. The van der Waals surface area contributed by atoms with Crippen molar-refractivity contribution in [2.45, 2.75) is 31.1 Å². The zero-order valence-electron chi connectivity index (χ0n) is 10.3. The fraction of sp³-hybridized carbons (Fsp3) is 0.533. The van der Waals surface area contributed by atoms with Crippen LogP contribution >= 0.6 is 27.7 Å². The van der Waals surface area contributed by atoms with E-state index in [1.807, 2.05) is 0 Å². The van der Waals surface area contributed by atoms with Gasteiger partial charge in [-0.2, -0.15) is 11.8 Å². The summed E-state index contributed by atoms with van der Waals surface area (Å²) in [6.45, 7) is 0. The first-order valence-corrected chi connectivity index (χ1v) is 8.71. The maximum absolute atomic E-state index is 5.02. The van der Waals surface area contributed by atoms with Crippen LogP contribution in [0.3, 0.4) is 0 Å². The smallest absolute Gasteiger partial charge is 0.0671 e. The number of fused-ring (bicyclic) bond motifs is 2. The summed E-state index contributed by atoms with van der Waals surface area (Å²) >= 11 is 5.73. The zero-order chi connectivity index (χ0) is 12.2. The lowest BCUT2D eigenvalue weighted by atomic mass is 9.71. The maximum Gasteiger partial charge on any atom is 0.0671 e. The minimum Gasteiger partial charge on any atom is -0.256 e. The molecule has 1 aromatic carbocycles. The standard InChI is InChI=1S/C15H16BrNS/c16-11-3-4-13-12(9-11)15(5-7-18-8-6-15)14(17-13)10-1-2-10/h3-4,9-10H,1-2,5-8H2. The summed E-state index contributed by atoms with van der Waals surface area (Å²) < 4.78 is 1.20. The highest BCUT2D eigenvalue weighted by Crippen LogP contribution is 2.53. The van der Waals surface area contributed by atoms with Gasteiger partial charge in [-0.3, -0.25) is 4.99 Å². The van der Waals surface area contributed by atoms with Gasteiger partial charge < -0.3 is 0 Å². The van der Waals surface area contributed by atoms with Crippen LogP contribution in [0.15, 0.2) is 27.7 Å². The molecule has 2 heterocycles. The van der Waals surface area contributed by atoms with Crippen LogP contribution in [-0.4, -0.2) is 17.2 Å². The molecule has 1 aliphatic carbocycles. The highest BCUT2D eigenvalue weighted by molar-refractivity contribution is 9.10. The van der Waals surface area contributed by atoms with Gasteiger partial charge in [-0.05, 0) is 66.9 Å². The molecule has 3 heteroatoms. The Kier molecular flexibility index (Phi) is 2.63. The van der Waals surface area contributed by atoms with Crippen molar-refractivity contribution in [3.8, 4) is 0 Å². The van der Waals surface area contributed by atoms with E-state index in [-0.39, 0.29) is 0 Å². The number of aliphatic imine (C=N–C) groups is 1. The van der Waals surface area contributed by atoms with Crippen molar-refractivity contribution in [3.05, 3.63) is 28.2 Å². The Morgan fingerprint density at radius 2 is 2.00 bits per heavy atom. The highest BCUT2D eigenvalue weighted by Gasteiger charge is 2.49. The van der Waals surface area contributed by atoms with Crippen LogP contribution in [0.2, 0.25) is 0 Å². The average Bonchev–Trinajstić information content (AvgIpc) is 3.18. The van der Waals surface area contributed by atoms with Crippen molar-refractivity contribution in [3.63, 3.8) is 0 Å². The summed E-state index contributed by atoms with van der Waals surface area (Å²) in [4.78, 5) is 5.02. The molecule has 0 aromatic heterocycles. The van der Waals surface area contributed by atoms with Crippen LogP contribution in [0.25, 0.3) is 0 Å². The quantitative estimate of drug-likeness (QED) is 0.729. The van der Waals surface area contributed by atoms with Gasteiger partial charge in [0.2, 0.25) is 0 Å². The first-order valence-electron chi connectivity index (χ1n) is 6.76. The largest absolute Gasteiger partial charge is 0.256 e. The first-order chi connectivity index (χ1) is 8.79. The van der Waals surface area contributed by atoms with Crippen molar-refractivity contribution in [2.24, 2.45) is 10.9 Å². The normalized spacial score (nSPS) is 25.1. The van der Waals surface area contributed by atoms with Gasteiger partial charge in [-0.25, -0.2) is 0 Å². The molecule has 0 atom stereocenters. The maximum atomic E-state index is 5.02. The Balaban J connectivity index is 1.87. The number of thioether (sulfide) groups is 1. The van der Waals surface area contributed by atoms with E-state index in [4.69, 9.17) is 4.99 Å². The summed E-state index contributed by atoms with van der Waals surface area (Å²) in [6.07, 6.45) is 5.30. The lowest BCUT2D eigenvalue weighted by Gasteiger charge is -2.36. The Hall–Kier alpha value is -0.280. The Morgan fingerprint density at radius 3 is 2.72 bits per heavy atom. The second-order valence-electron chi connectivity index (χ2n) is 5.63. The minimum absolute atomic E-state index is 0.297. The number of halogens is 1. The van der Waals surface area contributed by atoms with Crippen LogP contribution in [0.4, 0.5) is 5.69 Å². The molecule has 0 N–H and O–H groups in total. The molecule has 3 aliphatic rings. The fourth-order valence-corrected chi connectivity index (χ4v) is 5.00. The number of benzene rings is 1. The molecule has 1 saturated heterocycles. The summed E-state index contributed by atoms with van der Waals surface area (Å²) in [5.41, 5.74) is 4.56. The first kappa shape index (κ1) is 11.5. The topological polar surface area (TPSA) is 12.4 Å². The molecule has 1 nitrogen and oxygen atoms in total. The average molecular weight is 322 g/mol. The highest BCUT2D eigenvalue weighted by atomic mass is 79.9. The summed E-state index contributed by atoms with van der Waals surface area (Å²) in [7, 11) is 0. The van der Waals surface area contributed by atoms with Gasteiger partial charge in [-0.1, -0.05) is 15.9 Å². The molecule has 1 aromatic rings. The van der Waals surface area contributed by atoms with Crippen molar-refractivity contribution in [1.82, 2.24) is 0 Å². The number of hydrogen-bond acceptors (Lipinski definition) is 2. The van der Waals surface area contributed by atoms with Crippen molar-refractivity contribution >= 4 is 39.1 Å². The molecule has 2 aliphatic heterocycles. The summed E-state index contributed by atoms with van der Waals surface area (Å²) in [6, 6.07) is 6.64. The molecule has 4 rings (SSSR count). The van der Waals surface area contributed by atoms with Crippen LogP contribution in [0, 0.1) is 5.92 Å². The van der Waals surface area contributed by atoms with Gasteiger partial charge in [0.1, 0.15) is 0 Å². The van der Waals surface area contributed by atoms with Crippen LogP contribution in [-0.2, 0) is 5.41 Å². The van der Waals surface area contributed by atoms with Crippen molar-refractivity contribution in [2.75, 3.05) is 11.5 Å². The summed E-state index contributed by atoms with van der Waals surface area (Å²) in [5.74, 6) is 3.37. The molecule has 1 spiro atoms. The molecular weight excluding hydrogens is 306 g/mol. The third-order valence-corrected chi connectivity index (χ3v) is 5.99. The SMILES string of the molecule is Brc1ccc2c(c1)C1(CCSCC1)C(C1CC1)=N2. The van der Waals surface area contributed by atoms with Crippen LogP contribution in [0.5, 0.6) is 0 Å². The molecule has 1 saturated carbocycles. The summed E-state index contributed by atoms with van der Waals surface area (Å²) in [5, 5.41) is 0. The minimum atomic E-state index is 0.297. The van der Waals surface area contributed by atoms with E-state index >= 15 is 0 Å². The van der Waals surface area contributed by atoms with E-state index in [1.165, 1.54) is 58.6 Å². The Morgan fingerprint density at radius 1 is 1.22 bits per heavy atom. The molecule has 94 valence electrons. The van der Waals surface area contributed by atoms with E-state index in [0.717, 1.165) is 5.92 Å². The zero-order valence-corrected chi connectivity index (χ0v) is 12.7. The van der Waals surface area contributed by atoms with E-state index in [0.29, 0.717) is 5.41 Å². The van der Waals surface area contributed by atoms with E-state index in [1.54, 1.807) is 0 Å². The molecule has 0 amide bonds. The monoisotopic (exact) mass is 321 g/mol. The van der Waals surface area contributed by atoms with Gasteiger partial charge in [0.25, 0.3) is 0 Å². The molecule has 0 radical (unpaired) electrons. The van der Waals surface area contributed by atoms with Crippen molar-refractivity contribution in [1.29, 1.82) is 0 Å². The van der Waals surface area contributed by atoms with Gasteiger partial charge in [0.15, 0.2) is 0 Å². The fourth-order valence-electron chi connectivity index (χ4n) is 3.45. The van der Waals surface area contributed by atoms with E-state index in [2.05, 4.69) is 45.9 Å². The lowest BCUT2D eigenvalue weighted by Crippen LogP contribution is -2.38. The van der Waals surface area contributed by atoms with Gasteiger partial charge >= 0.3 is 0 Å². The second-order valence-corrected chi connectivity index (χ2v) is 7.77. The van der Waals surface area contributed by atoms with Crippen LogP contribution < -0.4 is 0 Å². The van der Waals surface area contributed by atoms with Gasteiger partial charge in [0.05, 0.1) is 5.69 Å². The molecular formula is C15H16BrNS. The molecule has 0 bridgehead atoms. The van der Waals surface area contributed by atoms with Crippen molar-refractivity contribution < 1.29 is 0 Å².